The summed E-state index contributed by atoms with van der Waals surface area (Å²) in [7, 11) is 5.12. The van der Waals surface area contributed by atoms with E-state index in [4.69, 9.17) is 14.2 Å². The van der Waals surface area contributed by atoms with Gasteiger partial charge in [-0.3, -0.25) is 0 Å². The molecule has 3 nitrogen and oxygen atoms in total. The van der Waals surface area contributed by atoms with Gasteiger partial charge in [-0.25, -0.2) is 0 Å². The van der Waals surface area contributed by atoms with Crippen LogP contribution in [0.4, 0.5) is 0 Å². The second-order valence-electron chi connectivity index (χ2n) is 4.47. The molecule has 0 spiro atoms. The third-order valence-corrected chi connectivity index (χ3v) is 3.43. The lowest BCUT2D eigenvalue weighted by Crippen LogP contribution is -2.38. The first kappa shape index (κ1) is 12.3. The number of ether oxygens (including phenoxy) is 3. The highest BCUT2D eigenvalue weighted by atomic mass is 16.5. The minimum Gasteiger partial charge on any atom is -0.497 e. The lowest BCUT2D eigenvalue weighted by Gasteiger charge is -2.26. The minimum atomic E-state index is 0.581. The standard InChI is InChI=1S/C13H19BO3/c1-15-9-10-7-11(16-2)13(12(8-10)17-3)14-5-4-6-14/h7-8H,4-6,9H2,1-3H3. The predicted octanol–water partition coefficient (Wildman–Crippen LogP) is 1.96. The van der Waals surface area contributed by atoms with Gasteiger partial charge in [0.05, 0.1) is 20.8 Å². The molecule has 1 aromatic rings. The van der Waals surface area contributed by atoms with Crippen LogP contribution in [0.1, 0.15) is 12.0 Å². The van der Waals surface area contributed by atoms with E-state index >= 15 is 0 Å². The third-order valence-electron chi connectivity index (χ3n) is 3.43. The van der Waals surface area contributed by atoms with Crippen molar-refractivity contribution in [3.63, 3.8) is 0 Å². The van der Waals surface area contributed by atoms with Gasteiger partial charge >= 0.3 is 0 Å². The Bertz CT molecular complexity index is 363. The number of rotatable bonds is 5. The zero-order valence-electron chi connectivity index (χ0n) is 10.8. The average Bonchev–Trinajstić information content (AvgIpc) is 2.28. The third kappa shape index (κ3) is 2.42. The summed E-state index contributed by atoms with van der Waals surface area (Å²) < 4.78 is 16.1. The number of hydrogen-bond acceptors (Lipinski definition) is 3. The quantitative estimate of drug-likeness (QED) is 0.729. The van der Waals surface area contributed by atoms with Gasteiger partial charge < -0.3 is 14.2 Å². The van der Waals surface area contributed by atoms with E-state index in [1.54, 1.807) is 21.3 Å². The molecule has 17 heavy (non-hydrogen) atoms. The van der Waals surface area contributed by atoms with Gasteiger partial charge in [-0.1, -0.05) is 19.1 Å². The van der Waals surface area contributed by atoms with E-state index in [0.717, 1.165) is 17.1 Å². The van der Waals surface area contributed by atoms with Gasteiger partial charge in [0, 0.05) is 12.6 Å². The second kappa shape index (κ2) is 5.45. The number of methoxy groups -OCH3 is 3. The van der Waals surface area contributed by atoms with E-state index in [-0.39, 0.29) is 0 Å². The molecule has 1 saturated heterocycles. The van der Waals surface area contributed by atoms with Gasteiger partial charge in [0.1, 0.15) is 11.5 Å². The Morgan fingerprint density at radius 1 is 1.06 bits per heavy atom. The molecule has 0 atom stereocenters. The Morgan fingerprint density at radius 2 is 1.65 bits per heavy atom. The van der Waals surface area contributed by atoms with Crippen LogP contribution in [0.3, 0.4) is 0 Å². The Kier molecular flexibility index (Phi) is 3.95. The van der Waals surface area contributed by atoms with E-state index in [2.05, 4.69) is 12.1 Å². The van der Waals surface area contributed by atoms with Crippen molar-refractivity contribution in [1.82, 2.24) is 0 Å². The summed E-state index contributed by atoms with van der Waals surface area (Å²) >= 11 is 0. The fourth-order valence-corrected chi connectivity index (χ4v) is 2.34. The summed E-state index contributed by atoms with van der Waals surface area (Å²) in [4.78, 5) is 0. The van der Waals surface area contributed by atoms with Crippen molar-refractivity contribution >= 4 is 12.2 Å². The lowest BCUT2D eigenvalue weighted by molar-refractivity contribution is 0.184. The van der Waals surface area contributed by atoms with E-state index in [1.165, 1.54) is 24.5 Å². The molecule has 92 valence electrons. The Balaban J connectivity index is 2.40. The van der Waals surface area contributed by atoms with Gasteiger partial charge in [0.2, 0.25) is 0 Å². The lowest BCUT2D eigenvalue weighted by atomic mass is 9.31. The van der Waals surface area contributed by atoms with Crippen molar-refractivity contribution in [3.05, 3.63) is 17.7 Å². The first-order valence-corrected chi connectivity index (χ1v) is 6.04. The smallest absolute Gasteiger partial charge is 0.185 e. The minimum absolute atomic E-state index is 0.581. The molecule has 1 heterocycles. The van der Waals surface area contributed by atoms with Crippen molar-refractivity contribution in [1.29, 1.82) is 0 Å². The Morgan fingerprint density at radius 3 is 2.00 bits per heavy atom. The molecule has 2 rings (SSSR count). The molecule has 0 unspecified atom stereocenters. The van der Waals surface area contributed by atoms with Crippen molar-refractivity contribution in [2.24, 2.45) is 0 Å². The number of hydrogen-bond donors (Lipinski definition) is 0. The highest BCUT2D eigenvalue weighted by Crippen LogP contribution is 2.29. The van der Waals surface area contributed by atoms with Crippen molar-refractivity contribution < 1.29 is 14.2 Å². The van der Waals surface area contributed by atoms with Gasteiger partial charge in [0.15, 0.2) is 6.71 Å². The highest BCUT2D eigenvalue weighted by Gasteiger charge is 2.30. The molecule has 1 fully saturated rings. The molecule has 1 aromatic carbocycles. The molecule has 0 radical (unpaired) electrons. The van der Waals surface area contributed by atoms with Gasteiger partial charge in [-0.15, -0.1) is 0 Å². The molecule has 0 aromatic heterocycles. The van der Waals surface area contributed by atoms with Crippen LogP contribution in [0.5, 0.6) is 11.5 Å². The Labute approximate surface area is 103 Å². The van der Waals surface area contributed by atoms with E-state index in [1.807, 2.05) is 0 Å². The van der Waals surface area contributed by atoms with Crippen LogP contribution in [0, 0.1) is 0 Å². The van der Waals surface area contributed by atoms with Crippen LogP contribution in [0.15, 0.2) is 12.1 Å². The molecule has 0 N–H and O–H groups in total. The summed E-state index contributed by atoms with van der Waals surface area (Å²) in [6.45, 7) is 1.17. The van der Waals surface area contributed by atoms with Crippen molar-refractivity contribution in [2.75, 3.05) is 21.3 Å². The predicted molar refractivity (Wildman–Crippen MR) is 69.9 cm³/mol. The summed E-state index contributed by atoms with van der Waals surface area (Å²) in [6.07, 6.45) is 3.77. The summed E-state index contributed by atoms with van der Waals surface area (Å²) in [5, 5.41) is 0. The summed E-state index contributed by atoms with van der Waals surface area (Å²) in [6, 6.07) is 4.11. The topological polar surface area (TPSA) is 27.7 Å². The second-order valence-corrected chi connectivity index (χ2v) is 4.47. The zero-order chi connectivity index (χ0) is 12.3. The molecule has 1 aliphatic rings. The van der Waals surface area contributed by atoms with Crippen molar-refractivity contribution in [3.8, 4) is 11.5 Å². The molecule has 0 saturated carbocycles. The van der Waals surface area contributed by atoms with Gasteiger partial charge in [-0.2, -0.15) is 0 Å². The maximum atomic E-state index is 5.50. The first-order valence-electron chi connectivity index (χ1n) is 6.04. The van der Waals surface area contributed by atoms with Crippen LogP contribution in [0.25, 0.3) is 0 Å². The SMILES string of the molecule is COCc1cc(OC)c(B2CCC2)c(OC)c1. The molecule has 0 aliphatic carbocycles. The maximum absolute atomic E-state index is 5.50. The first-order chi connectivity index (χ1) is 8.30. The van der Waals surface area contributed by atoms with E-state index in [9.17, 15) is 0 Å². The van der Waals surface area contributed by atoms with E-state index < -0.39 is 0 Å². The average molecular weight is 234 g/mol. The van der Waals surface area contributed by atoms with Crippen LogP contribution in [0.2, 0.25) is 12.6 Å². The summed E-state index contributed by atoms with van der Waals surface area (Å²) in [5.41, 5.74) is 2.31. The monoisotopic (exact) mass is 234 g/mol. The van der Waals surface area contributed by atoms with E-state index in [0.29, 0.717) is 13.3 Å². The fourth-order valence-electron chi connectivity index (χ4n) is 2.34. The van der Waals surface area contributed by atoms with Crippen molar-refractivity contribution in [2.45, 2.75) is 25.7 Å². The summed E-state index contributed by atoms with van der Waals surface area (Å²) in [5.74, 6) is 1.86. The normalized spacial score (nSPS) is 14.4. The number of benzene rings is 1. The van der Waals surface area contributed by atoms with Crippen LogP contribution in [-0.2, 0) is 11.3 Å². The molecule has 4 heteroatoms. The highest BCUT2D eigenvalue weighted by molar-refractivity contribution is 6.77. The Hall–Kier alpha value is -1.16. The maximum Gasteiger partial charge on any atom is 0.185 e. The molecule has 0 amide bonds. The fraction of sp³-hybridized carbons (Fsp3) is 0.538. The van der Waals surface area contributed by atoms with Crippen LogP contribution in [-0.4, -0.2) is 28.0 Å². The molecule has 1 aliphatic heterocycles. The zero-order valence-corrected chi connectivity index (χ0v) is 10.8. The van der Waals surface area contributed by atoms with Crippen LogP contribution < -0.4 is 14.9 Å². The molecular weight excluding hydrogens is 215 g/mol. The van der Waals surface area contributed by atoms with Crippen LogP contribution >= 0.6 is 0 Å². The molecule has 0 bridgehead atoms. The molecular formula is C13H19BO3. The van der Waals surface area contributed by atoms with Gasteiger partial charge in [0.25, 0.3) is 0 Å². The largest absolute Gasteiger partial charge is 0.497 e. The van der Waals surface area contributed by atoms with Gasteiger partial charge in [-0.05, 0) is 17.7 Å².